The van der Waals surface area contributed by atoms with Crippen LogP contribution in [0.15, 0.2) is 12.1 Å². The first-order valence-corrected chi connectivity index (χ1v) is 7.80. The lowest BCUT2D eigenvalue weighted by atomic mass is 9.93. The molecule has 1 aromatic rings. The van der Waals surface area contributed by atoms with Crippen LogP contribution in [0.25, 0.3) is 0 Å². The van der Waals surface area contributed by atoms with Gasteiger partial charge in [-0.15, -0.1) is 0 Å². The van der Waals surface area contributed by atoms with E-state index in [0.29, 0.717) is 18.8 Å². The summed E-state index contributed by atoms with van der Waals surface area (Å²) in [5.74, 6) is 0.740. The van der Waals surface area contributed by atoms with Gasteiger partial charge in [0.1, 0.15) is 11.9 Å². The second-order valence-corrected chi connectivity index (χ2v) is 5.75. The molecule has 0 spiro atoms. The number of aryl methyl sites for hydroxylation is 1. The molecule has 5 heteroatoms. The maximum Gasteiger partial charge on any atom is 0.220 e. The predicted molar refractivity (Wildman–Crippen MR) is 83.9 cm³/mol. The third-order valence-electron chi connectivity index (χ3n) is 3.81. The van der Waals surface area contributed by atoms with Crippen molar-refractivity contribution in [1.29, 1.82) is 0 Å². The van der Waals surface area contributed by atoms with E-state index in [1.54, 1.807) is 7.11 Å². The van der Waals surface area contributed by atoms with Gasteiger partial charge in [0.05, 0.1) is 19.3 Å². The first-order chi connectivity index (χ1) is 10.6. The number of carbonyl (C=O) groups is 1. The summed E-state index contributed by atoms with van der Waals surface area (Å²) in [6.45, 7) is 4.70. The SMILES string of the molecule is CCCC(=O)NC1CCOc2c(C(O)COC)cc(C)cc21. The van der Waals surface area contributed by atoms with E-state index in [1.165, 1.54) is 0 Å². The third kappa shape index (κ3) is 3.78. The van der Waals surface area contributed by atoms with Crippen molar-refractivity contribution in [2.45, 2.75) is 45.3 Å². The molecule has 22 heavy (non-hydrogen) atoms. The molecule has 0 fully saturated rings. The Labute approximate surface area is 131 Å². The van der Waals surface area contributed by atoms with Gasteiger partial charge in [0.15, 0.2) is 0 Å². The highest BCUT2D eigenvalue weighted by molar-refractivity contribution is 5.76. The van der Waals surface area contributed by atoms with E-state index in [4.69, 9.17) is 9.47 Å². The van der Waals surface area contributed by atoms with E-state index in [1.807, 2.05) is 26.0 Å². The Morgan fingerprint density at radius 1 is 1.55 bits per heavy atom. The number of hydrogen-bond donors (Lipinski definition) is 2. The molecular formula is C17H25NO4. The van der Waals surface area contributed by atoms with Crippen LogP contribution in [-0.2, 0) is 9.53 Å². The van der Waals surface area contributed by atoms with Gasteiger partial charge in [0.2, 0.25) is 5.91 Å². The van der Waals surface area contributed by atoms with Gasteiger partial charge in [-0.1, -0.05) is 18.6 Å². The maximum absolute atomic E-state index is 11.9. The lowest BCUT2D eigenvalue weighted by Crippen LogP contribution is -2.32. The van der Waals surface area contributed by atoms with Crippen molar-refractivity contribution in [2.75, 3.05) is 20.3 Å². The summed E-state index contributed by atoms with van der Waals surface area (Å²) in [4.78, 5) is 11.9. The van der Waals surface area contributed by atoms with Crippen LogP contribution in [0.5, 0.6) is 5.75 Å². The van der Waals surface area contributed by atoms with Crippen molar-refractivity contribution in [1.82, 2.24) is 5.32 Å². The topological polar surface area (TPSA) is 67.8 Å². The molecule has 2 unspecified atom stereocenters. The molecule has 0 aromatic heterocycles. The lowest BCUT2D eigenvalue weighted by Gasteiger charge is -2.30. The van der Waals surface area contributed by atoms with Crippen LogP contribution in [0.3, 0.4) is 0 Å². The predicted octanol–water partition coefficient (Wildman–Crippen LogP) is 2.41. The van der Waals surface area contributed by atoms with Crippen LogP contribution in [0.2, 0.25) is 0 Å². The van der Waals surface area contributed by atoms with E-state index in [-0.39, 0.29) is 18.6 Å². The zero-order valence-electron chi connectivity index (χ0n) is 13.5. The molecule has 0 saturated carbocycles. The van der Waals surface area contributed by atoms with Crippen molar-refractivity contribution in [3.05, 3.63) is 28.8 Å². The first kappa shape index (κ1) is 16.8. The normalized spacial score (nSPS) is 18.3. The summed E-state index contributed by atoms with van der Waals surface area (Å²) in [6, 6.07) is 3.88. The van der Waals surface area contributed by atoms with Crippen LogP contribution in [-0.4, -0.2) is 31.3 Å². The molecule has 2 rings (SSSR count). The van der Waals surface area contributed by atoms with Crippen LogP contribution < -0.4 is 10.1 Å². The molecule has 1 aliphatic rings. The smallest absolute Gasteiger partial charge is 0.220 e. The minimum atomic E-state index is -0.733. The van der Waals surface area contributed by atoms with E-state index in [0.717, 1.165) is 29.5 Å². The molecule has 1 aromatic carbocycles. The average molecular weight is 307 g/mol. The number of carbonyl (C=O) groups excluding carboxylic acids is 1. The van der Waals surface area contributed by atoms with Crippen LogP contribution in [0.4, 0.5) is 0 Å². The minimum Gasteiger partial charge on any atom is -0.493 e. The molecule has 0 radical (unpaired) electrons. The summed E-state index contributed by atoms with van der Waals surface area (Å²) in [5, 5.41) is 13.3. The second-order valence-electron chi connectivity index (χ2n) is 5.75. The van der Waals surface area contributed by atoms with Crippen molar-refractivity contribution in [3.63, 3.8) is 0 Å². The fourth-order valence-electron chi connectivity index (χ4n) is 2.83. The lowest BCUT2D eigenvalue weighted by molar-refractivity contribution is -0.122. The molecule has 1 aliphatic heterocycles. The Hall–Kier alpha value is -1.59. The average Bonchev–Trinajstić information content (AvgIpc) is 2.47. The van der Waals surface area contributed by atoms with Gasteiger partial charge in [0.25, 0.3) is 0 Å². The molecule has 122 valence electrons. The molecule has 2 N–H and O–H groups in total. The largest absolute Gasteiger partial charge is 0.493 e. The third-order valence-corrected chi connectivity index (χ3v) is 3.81. The number of benzene rings is 1. The monoisotopic (exact) mass is 307 g/mol. The number of rotatable bonds is 6. The fourth-order valence-corrected chi connectivity index (χ4v) is 2.83. The summed E-state index contributed by atoms with van der Waals surface area (Å²) >= 11 is 0. The van der Waals surface area contributed by atoms with Crippen LogP contribution in [0.1, 0.15) is 55.0 Å². The minimum absolute atomic E-state index is 0.0563. The number of aliphatic hydroxyl groups excluding tert-OH is 1. The highest BCUT2D eigenvalue weighted by Crippen LogP contribution is 2.38. The molecule has 0 saturated heterocycles. The molecule has 0 bridgehead atoms. The molecular weight excluding hydrogens is 282 g/mol. The maximum atomic E-state index is 11.9. The number of nitrogens with one attached hydrogen (secondary N) is 1. The Bertz CT molecular complexity index is 530. The van der Waals surface area contributed by atoms with E-state index < -0.39 is 6.10 Å². The van der Waals surface area contributed by atoms with Crippen molar-refractivity contribution < 1.29 is 19.4 Å². The van der Waals surface area contributed by atoms with E-state index in [9.17, 15) is 9.90 Å². The zero-order valence-corrected chi connectivity index (χ0v) is 13.5. The van der Waals surface area contributed by atoms with Crippen LogP contribution >= 0.6 is 0 Å². The number of methoxy groups -OCH3 is 1. The van der Waals surface area contributed by atoms with Gasteiger partial charge in [0, 0.05) is 31.1 Å². The van der Waals surface area contributed by atoms with Crippen molar-refractivity contribution in [2.24, 2.45) is 0 Å². The zero-order chi connectivity index (χ0) is 16.1. The first-order valence-electron chi connectivity index (χ1n) is 7.80. The van der Waals surface area contributed by atoms with Gasteiger partial charge in [-0.3, -0.25) is 4.79 Å². The quantitative estimate of drug-likeness (QED) is 0.847. The Kier molecular flexibility index (Phi) is 5.80. The van der Waals surface area contributed by atoms with Gasteiger partial charge >= 0.3 is 0 Å². The number of fused-ring (bicyclic) bond motifs is 1. The van der Waals surface area contributed by atoms with Gasteiger partial charge in [-0.25, -0.2) is 0 Å². The summed E-state index contributed by atoms with van der Waals surface area (Å²) in [6.07, 6.45) is 1.36. The van der Waals surface area contributed by atoms with Gasteiger partial charge in [-0.05, 0) is 19.4 Å². The molecule has 0 aliphatic carbocycles. The van der Waals surface area contributed by atoms with Crippen molar-refractivity contribution in [3.8, 4) is 5.75 Å². The number of aliphatic hydroxyl groups is 1. The highest BCUT2D eigenvalue weighted by Gasteiger charge is 2.27. The second kappa shape index (κ2) is 7.61. The summed E-state index contributed by atoms with van der Waals surface area (Å²) in [5.41, 5.74) is 2.70. The Balaban J connectivity index is 2.32. The summed E-state index contributed by atoms with van der Waals surface area (Å²) < 4.78 is 10.8. The molecule has 2 atom stereocenters. The Morgan fingerprint density at radius 2 is 2.32 bits per heavy atom. The molecule has 5 nitrogen and oxygen atoms in total. The fraction of sp³-hybridized carbons (Fsp3) is 0.588. The molecule has 1 heterocycles. The molecule has 1 amide bonds. The van der Waals surface area contributed by atoms with E-state index in [2.05, 4.69) is 5.32 Å². The number of amides is 1. The van der Waals surface area contributed by atoms with Gasteiger partial charge < -0.3 is 19.9 Å². The number of ether oxygens (including phenoxy) is 2. The Morgan fingerprint density at radius 3 is 3.00 bits per heavy atom. The standard InChI is InChI=1S/C17H25NO4/c1-4-5-16(20)18-14-6-7-22-17-12(14)8-11(2)9-13(17)15(19)10-21-3/h8-9,14-15,19H,4-7,10H2,1-3H3,(H,18,20). The highest BCUT2D eigenvalue weighted by atomic mass is 16.5. The van der Waals surface area contributed by atoms with Crippen LogP contribution in [0, 0.1) is 6.92 Å². The van der Waals surface area contributed by atoms with Crippen molar-refractivity contribution >= 4 is 5.91 Å². The van der Waals surface area contributed by atoms with E-state index >= 15 is 0 Å². The summed E-state index contributed by atoms with van der Waals surface area (Å²) in [7, 11) is 1.56. The number of hydrogen-bond acceptors (Lipinski definition) is 4. The van der Waals surface area contributed by atoms with Gasteiger partial charge in [-0.2, -0.15) is 0 Å².